The van der Waals surface area contributed by atoms with Crippen LogP contribution in [0.2, 0.25) is 0 Å². The van der Waals surface area contributed by atoms with E-state index in [2.05, 4.69) is 26.1 Å². The van der Waals surface area contributed by atoms with Crippen molar-refractivity contribution in [3.8, 4) is 22.9 Å². The highest BCUT2D eigenvalue weighted by Gasteiger charge is 2.26. The molecule has 0 radical (unpaired) electrons. The molecule has 0 aliphatic carbocycles. The lowest BCUT2D eigenvalue weighted by atomic mass is 10.1. The molecule has 1 fully saturated rings. The van der Waals surface area contributed by atoms with Gasteiger partial charge in [-0.3, -0.25) is 14.5 Å². The summed E-state index contributed by atoms with van der Waals surface area (Å²) in [6, 6.07) is 21.3. The lowest BCUT2D eigenvalue weighted by molar-refractivity contribution is 0.0322. The summed E-state index contributed by atoms with van der Waals surface area (Å²) in [4.78, 5) is 5.82. The predicted octanol–water partition coefficient (Wildman–Crippen LogP) is 5.18. The molecule has 1 atom stereocenters. The van der Waals surface area contributed by atoms with Crippen LogP contribution in [0.15, 0.2) is 66.7 Å². The summed E-state index contributed by atoms with van der Waals surface area (Å²) in [5.41, 5.74) is 4.47. The maximum Gasteiger partial charge on any atom is 0.597 e. The second kappa shape index (κ2) is 10.3. The Morgan fingerprint density at radius 1 is 1.00 bits per heavy atom. The smallest absolute Gasteiger partial charge is 0.492 e. The van der Waals surface area contributed by atoms with Crippen LogP contribution in [0.3, 0.4) is 0 Å². The van der Waals surface area contributed by atoms with Crippen LogP contribution >= 0.6 is 8.03 Å². The van der Waals surface area contributed by atoms with Crippen LogP contribution in [0.4, 0.5) is 0 Å². The van der Waals surface area contributed by atoms with Crippen LogP contribution in [0, 0.1) is 6.92 Å². The maximum atomic E-state index is 12.9. The molecule has 0 amide bonds. The van der Waals surface area contributed by atoms with Crippen LogP contribution in [0.1, 0.15) is 5.56 Å². The number of aromatic amines is 2. The predicted molar refractivity (Wildman–Crippen MR) is 145 cm³/mol. The summed E-state index contributed by atoms with van der Waals surface area (Å²) in [6.07, 6.45) is 0. The molecule has 0 spiro atoms. The molecule has 37 heavy (non-hydrogen) atoms. The monoisotopic (exact) mass is 515 g/mol. The fourth-order valence-corrected chi connectivity index (χ4v) is 5.59. The van der Waals surface area contributed by atoms with E-state index in [1.807, 2.05) is 67.6 Å². The molecule has 3 aromatic carbocycles. The van der Waals surface area contributed by atoms with Crippen molar-refractivity contribution in [3.05, 3.63) is 72.3 Å². The van der Waals surface area contributed by atoms with E-state index in [-0.39, 0.29) is 0 Å². The molecule has 0 bridgehead atoms. The fraction of sp³-hybridized carbons (Fsp3) is 0.250. The standard InChI is InChI=1S/C28H28N4O4P/c1-19-4-2-3-5-27(19)37(33)36-22-7-9-25-23(18-22)28(31-30-25)26-17-20-16-21(6-8-24(20)29-26)35-15-12-32-10-13-34-14-11-32/h2-9,16-18,29H,10-15H2,1H3,(H,30,31)/q+1. The number of H-pyrrole nitrogens is 2. The van der Waals surface area contributed by atoms with Gasteiger partial charge in [-0.25, -0.2) is 0 Å². The highest BCUT2D eigenvalue weighted by Crippen LogP contribution is 2.34. The first-order chi connectivity index (χ1) is 18.1. The number of ether oxygens (including phenoxy) is 2. The van der Waals surface area contributed by atoms with Gasteiger partial charge in [0, 0.05) is 41.5 Å². The van der Waals surface area contributed by atoms with Crippen molar-refractivity contribution in [1.29, 1.82) is 0 Å². The summed E-state index contributed by atoms with van der Waals surface area (Å²) < 4.78 is 30.1. The second-order valence-electron chi connectivity index (χ2n) is 9.15. The molecular weight excluding hydrogens is 487 g/mol. The normalized spacial score (nSPS) is 14.8. The molecule has 5 aromatic rings. The first kappa shape index (κ1) is 23.7. The number of nitrogens with zero attached hydrogens (tertiary/aromatic N) is 2. The largest absolute Gasteiger partial charge is 0.597 e. The number of nitrogens with one attached hydrogen (secondary N) is 2. The molecule has 188 valence electrons. The van der Waals surface area contributed by atoms with E-state index >= 15 is 0 Å². The molecule has 9 heteroatoms. The van der Waals surface area contributed by atoms with E-state index in [0.717, 1.165) is 77.4 Å². The average molecular weight is 516 g/mol. The highest BCUT2D eigenvalue weighted by atomic mass is 31.1. The zero-order valence-corrected chi connectivity index (χ0v) is 21.5. The summed E-state index contributed by atoms with van der Waals surface area (Å²) in [5.74, 6) is 1.38. The number of morpholine rings is 1. The number of hydrogen-bond donors (Lipinski definition) is 2. The molecule has 1 saturated heterocycles. The quantitative estimate of drug-likeness (QED) is 0.277. The van der Waals surface area contributed by atoms with Crippen LogP contribution in [-0.2, 0) is 9.30 Å². The van der Waals surface area contributed by atoms with E-state index < -0.39 is 8.03 Å². The maximum absolute atomic E-state index is 12.9. The first-order valence-electron chi connectivity index (χ1n) is 12.4. The Balaban J connectivity index is 1.21. The molecule has 1 unspecified atom stereocenters. The van der Waals surface area contributed by atoms with Gasteiger partial charge in [0.25, 0.3) is 0 Å². The Hall–Kier alpha value is -3.71. The average Bonchev–Trinajstić information content (AvgIpc) is 3.53. The minimum absolute atomic E-state index is 0.534. The van der Waals surface area contributed by atoms with Crippen molar-refractivity contribution in [2.45, 2.75) is 6.92 Å². The third-order valence-electron chi connectivity index (χ3n) is 6.66. The Kier molecular flexibility index (Phi) is 6.62. The summed E-state index contributed by atoms with van der Waals surface area (Å²) in [7, 11) is -2.02. The van der Waals surface area contributed by atoms with Crippen molar-refractivity contribution in [3.63, 3.8) is 0 Å². The van der Waals surface area contributed by atoms with Gasteiger partial charge in [0.2, 0.25) is 5.30 Å². The van der Waals surface area contributed by atoms with Gasteiger partial charge in [0.1, 0.15) is 18.1 Å². The zero-order chi connectivity index (χ0) is 25.2. The molecular formula is C28H28N4O4P+. The van der Waals surface area contributed by atoms with Gasteiger partial charge in [0.15, 0.2) is 5.75 Å². The molecule has 2 aromatic heterocycles. The molecule has 0 saturated carbocycles. The SMILES string of the molecule is Cc1ccccc1[P+](=O)Oc1ccc2[nH]nc(-c3cc4cc(OCCN5CCOCC5)ccc4[nH]3)c2c1. The third kappa shape index (κ3) is 5.09. The van der Waals surface area contributed by atoms with Crippen molar-refractivity contribution >= 4 is 35.1 Å². The zero-order valence-electron chi connectivity index (χ0n) is 20.6. The van der Waals surface area contributed by atoms with E-state index in [1.165, 1.54) is 0 Å². The highest BCUT2D eigenvalue weighted by molar-refractivity contribution is 7.48. The fourth-order valence-electron chi connectivity index (χ4n) is 4.61. The number of rotatable bonds is 8. The van der Waals surface area contributed by atoms with Crippen molar-refractivity contribution in [1.82, 2.24) is 20.1 Å². The summed E-state index contributed by atoms with van der Waals surface area (Å²) >= 11 is 0. The minimum atomic E-state index is -2.02. The summed E-state index contributed by atoms with van der Waals surface area (Å²) in [5, 5.41) is 10.3. The second-order valence-corrected chi connectivity index (χ2v) is 10.3. The van der Waals surface area contributed by atoms with Gasteiger partial charge < -0.3 is 14.5 Å². The minimum Gasteiger partial charge on any atom is -0.492 e. The van der Waals surface area contributed by atoms with Crippen molar-refractivity contribution < 1.29 is 18.6 Å². The topological polar surface area (TPSA) is 92.5 Å². The van der Waals surface area contributed by atoms with E-state index in [0.29, 0.717) is 17.7 Å². The Labute approximate surface area is 215 Å². The Bertz CT molecular complexity index is 1570. The third-order valence-corrected chi connectivity index (χ3v) is 7.93. The van der Waals surface area contributed by atoms with Gasteiger partial charge in [-0.05, 0) is 60.0 Å². The van der Waals surface area contributed by atoms with E-state index in [9.17, 15) is 4.57 Å². The lowest BCUT2D eigenvalue weighted by Gasteiger charge is -2.26. The number of hydrogen-bond acceptors (Lipinski definition) is 6. The Morgan fingerprint density at radius 3 is 2.68 bits per heavy atom. The van der Waals surface area contributed by atoms with Gasteiger partial charge in [-0.1, -0.05) is 18.2 Å². The summed E-state index contributed by atoms with van der Waals surface area (Å²) in [6.45, 7) is 6.95. The van der Waals surface area contributed by atoms with Crippen molar-refractivity contribution in [2.75, 3.05) is 39.5 Å². The van der Waals surface area contributed by atoms with E-state index in [4.69, 9.17) is 14.0 Å². The van der Waals surface area contributed by atoms with E-state index in [1.54, 1.807) is 0 Å². The Morgan fingerprint density at radius 2 is 1.81 bits per heavy atom. The number of benzene rings is 3. The van der Waals surface area contributed by atoms with Gasteiger partial charge in [-0.15, -0.1) is 0 Å². The number of aromatic nitrogens is 3. The molecule has 8 nitrogen and oxygen atoms in total. The van der Waals surface area contributed by atoms with Gasteiger partial charge in [0.05, 0.1) is 24.4 Å². The molecule has 1 aliphatic heterocycles. The van der Waals surface area contributed by atoms with Crippen LogP contribution in [0.5, 0.6) is 11.5 Å². The van der Waals surface area contributed by atoms with Crippen LogP contribution < -0.4 is 14.6 Å². The first-order valence-corrected chi connectivity index (χ1v) is 13.6. The van der Waals surface area contributed by atoms with Gasteiger partial charge >= 0.3 is 8.03 Å². The van der Waals surface area contributed by atoms with Crippen molar-refractivity contribution in [2.24, 2.45) is 0 Å². The molecule has 6 rings (SSSR count). The van der Waals surface area contributed by atoms with Crippen LogP contribution in [-0.4, -0.2) is 59.5 Å². The number of aryl methyl sites for hydroxylation is 1. The number of fused-ring (bicyclic) bond motifs is 2. The van der Waals surface area contributed by atoms with Gasteiger partial charge in [-0.2, -0.15) is 5.10 Å². The molecule has 3 heterocycles. The molecule has 1 aliphatic rings. The molecule has 2 N–H and O–H groups in total. The van der Waals surface area contributed by atoms with Crippen LogP contribution in [0.25, 0.3) is 33.2 Å². The lowest BCUT2D eigenvalue weighted by Crippen LogP contribution is -2.38.